The Bertz CT molecular complexity index is 4660. The fourth-order valence-electron chi connectivity index (χ4n) is 15.6. The third kappa shape index (κ3) is 8.23. The van der Waals surface area contributed by atoms with Gasteiger partial charge in [0.1, 0.15) is 0 Å². The van der Waals surface area contributed by atoms with E-state index >= 15 is 0 Å². The van der Waals surface area contributed by atoms with E-state index in [2.05, 4.69) is 267 Å². The van der Waals surface area contributed by atoms with Crippen LogP contribution in [-0.4, -0.2) is 9.13 Å². The first kappa shape index (κ1) is 52.4. The predicted octanol–water partition coefficient (Wildman–Crippen LogP) is 22.8. The van der Waals surface area contributed by atoms with Crippen molar-refractivity contribution in [3.8, 4) is 11.4 Å². The van der Waals surface area contributed by atoms with Crippen molar-refractivity contribution in [3.63, 3.8) is 0 Å². The number of anilines is 6. The Morgan fingerprint density at radius 2 is 0.721 bits per heavy atom. The van der Waals surface area contributed by atoms with E-state index in [1.807, 2.05) is 0 Å². The summed E-state index contributed by atoms with van der Waals surface area (Å²) in [4.78, 5) is 5.36. The van der Waals surface area contributed by atoms with Crippen LogP contribution in [-0.2, 0) is 38.5 Å². The summed E-state index contributed by atoms with van der Waals surface area (Å²) >= 11 is 0. The van der Waals surface area contributed by atoms with Crippen LogP contribution >= 0.6 is 0 Å². The highest BCUT2D eigenvalue weighted by molar-refractivity contribution is 6.30. The van der Waals surface area contributed by atoms with Crippen LogP contribution in [0.3, 0.4) is 0 Å². The predicted molar refractivity (Wildman–Crippen MR) is 368 cm³/mol. The van der Waals surface area contributed by atoms with Crippen LogP contribution < -0.4 is 9.80 Å². The normalized spacial score (nSPS) is 13.6. The largest absolute Gasteiger partial charge is 0.309 e. The maximum atomic E-state index is 2.68. The van der Waals surface area contributed by atoms with Gasteiger partial charge in [0, 0.05) is 66.4 Å². The molecule has 86 heavy (non-hydrogen) atoms. The minimum Gasteiger partial charge on any atom is -0.309 e. The van der Waals surface area contributed by atoms with Crippen LogP contribution in [0.2, 0.25) is 0 Å². The molecule has 12 aromatic carbocycles. The highest BCUT2D eigenvalue weighted by Gasteiger charge is 2.30. The fourth-order valence-corrected chi connectivity index (χ4v) is 15.6. The molecule has 0 N–H and O–H groups in total. The summed E-state index contributed by atoms with van der Waals surface area (Å²) in [6, 6.07) is 80.5. The highest BCUT2D eigenvalue weighted by atomic mass is 15.2. The standard InChI is InChI=1S/C82H74N4/c1-7-53-31-35-57(36-32-53)83-75-27-15-13-25-63(75)65-41-39-59(47-77(65)83)85(73-29-17-21-55-19-9-11-23-61(55)73)79-49-71(51(3)4)67-44-46-70-80(50-72(52(5)6)68-43-45-69(79)81(67)82(68)70)86(74-30-18-22-56-20-10-12-24-62(56)74)60-40-42-66-64-26-14-16-28-76(64)84(78(66)48-60)58-37-33-54(8-2)34-38-58/h13-18,21-22,25-52H,7-12,19-20,23-24H2,1-6H3. The van der Waals surface area contributed by atoms with Crippen LogP contribution in [0.5, 0.6) is 0 Å². The molecule has 16 rings (SSSR count). The lowest BCUT2D eigenvalue weighted by molar-refractivity contribution is 0.686. The quantitative estimate of drug-likeness (QED) is 0.113. The van der Waals surface area contributed by atoms with Crippen molar-refractivity contribution in [2.45, 2.75) is 118 Å². The summed E-state index contributed by atoms with van der Waals surface area (Å²) in [6.07, 6.45) is 11.2. The molecule has 0 spiro atoms. The van der Waals surface area contributed by atoms with Crippen molar-refractivity contribution in [3.05, 3.63) is 251 Å². The Labute approximate surface area is 505 Å². The van der Waals surface area contributed by atoms with E-state index in [0.29, 0.717) is 0 Å². The summed E-state index contributed by atoms with van der Waals surface area (Å²) in [5, 5.41) is 13.0. The van der Waals surface area contributed by atoms with E-state index in [4.69, 9.17) is 0 Å². The minimum atomic E-state index is 0.258. The number of benzene rings is 12. The summed E-state index contributed by atoms with van der Waals surface area (Å²) in [5.41, 5.74) is 26.0. The molecule has 14 aromatic rings. The number of hydrogen-bond donors (Lipinski definition) is 0. The van der Waals surface area contributed by atoms with Crippen LogP contribution in [0.15, 0.2) is 206 Å². The zero-order valence-electron chi connectivity index (χ0n) is 50.6. The Morgan fingerprint density at radius 3 is 1.14 bits per heavy atom. The van der Waals surface area contributed by atoms with Crippen LogP contribution in [0, 0.1) is 0 Å². The van der Waals surface area contributed by atoms with Crippen molar-refractivity contribution in [1.29, 1.82) is 0 Å². The summed E-state index contributed by atoms with van der Waals surface area (Å²) in [6.45, 7) is 14.1. The second-order valence-electron chi connectivity index (χ2n) is 25.4. The molecule has 0 amide bonds. The summed E-state index contributed by atoms with van der Waals surface area (Å²) in [7, 11) is 0. The van der Waals surface area contributed by atoms with Crippen molar-refractivity contribution in [2.24, 2.45) is 0 Å². The first-order valence-corrected chi connectivity index (χ1v) is 32.1. The van der Waals surface area contributed by atoms with Gasteiger partial charge in [-0.15, -0.1) is 0 Å². The van der Waals surface area contributed by atoms with Crippen molar-refractivity contribution >= 4 is 110 Å². The second kappa shape index (κ2) is 20.8. The van der Waals surface area contributed by atoms with E-state index in [-0.39, 0.29) is 11.8 Å². The van der Waals surface area contributed by atoms with Crippen molar-refractivity contribution in [1.82, 2.24) is 9.13 Å². The molecular formula is C82H74N4. The Kier molecular flexibility index (Phi) is 12.7. The molecule has 0 unspecified atom stereocenters. The van der Waals surface area contributed by atoms with Gasteiger partial charge in [0.2, 0.25) is 0 Å². The van der Waals surface area contributed by atoms with E-state index in [1.54, 1.807) is 0 Å². The van der Waals surface area contributed by atoms with Crippen LogP contribution in [0.4, 0.5) is 34.1 Å². The monoisotopic (exact) mass is 1110 g/mol. The molecule has 2 aliphatic carbocycles. The van der Waals surface area contributed by atoms with Gasteiger partial charge in [0.05, 0.1) is 33.4 Å². The zero-order chi connectivity index (χ0) is 57.9. The fraction of sp³-hybridized carbons (Fsp3) is 0.220. The lowest BCUT2D eigenvalue weighted by Crippen LogP contribution is -2.17. The molecule has 2 aromatic heterocycles. The average Bonchev–Trinajstić information content (AvgIpc) is 1.08. The molecule has 0 atom stereocenters. The smallest absolute Gasteiger partial charge is 0.0561 e. The van der Waals surface area contributed by atoms with Gasteiger partial charge in [-0.05, 0) is 227 Å². The minimum absolute atomic E-state index is 0.258. The molecule has 0 saturated heterocycles. The number of fused-ring (bicyclic) bond motifs is 8. The Morgan fingerprint density at radius 1 is 0.337 bits per heavy atom. The number of aryl methyl sites for hydroxylation is 4. The van der Waals surface area contributed by atoms with Crippen molar-refractivity contribution in [2.75, 3.05) is 9.80 Å². The van der Waals surface area contributed by atoms with Gasteiger partial charge in [-0.1, -0.05) is 163 Å². The summed E-state index contributed by atoms with van der Waals surface area (Å²) in [5.74, 6) is 0.517. The highest BCUT2D eigenvalue weighted by Crippen LogP contribution is 2.53. The van der Waals surface area contributed by atoms with Gasteiger partial charge in [-0.25, -0.2) is 0 Å². The number of aromatic nitrogens is 2. The molecule has 2 heterocycles. The third-order valence-corrected chi connectivity index (χ3v) is 19.9. The molecule has 2 aliphatic rings. The molecular weight excluding hydrogens is 1040 g/mol. The van der Waals surface area contributed by atoms with Gasteiger partial charge in [-0.3, -0.25) is 0 Å². The number of rotatable bonds is 12. The molecule has 4 nitrogen and oxygen atoms in total. The van der Waals surface area contributed by atoms with Gasteiger partial charge in [0.25, 0.3) is 0 Å². The third-order valence-electron chi connectivity index (χ3n) is 19.9. The number of hydrogen-bond acceptors (Lipinski definition) is 2. The van der Waals surface area contributed by atoms with E-state index in [9.17, 15) is 0 Å². The molecule has 0 fully saturated rings. The molecule has 0 aliphatic heterocycles. The van der Waals surface area contributed by atoms with E-state index in [1.165, 1.54) is 192 Å². The first-order valence-electron chi connectivity index (χ1n) is 32.1. The van der Waals surface area contributed by atoms with Gasteiger partial charge in [0.15, 0.2) is 0 Å². The average molecular weight is 1120 g/mol. The van der Waals surface area contributed by atoms with E-state index in [0.717, 1.165) is 38.5 Å². The topological polar surface area (TPSA) is 16.3 Å². The molecule has 0 bridgehead atoms. The zero-order valence-corrected chi connectivity index (χ0v) is 50.6. The lowest BCUT2D eigenvalue weighted by atomic mass is 9.83. The van der Waals surface area contributed by atoms with Crippen molar-refractivity contribution < 1.29 is 0 Å². The number of nitrogens with zero attached hydrogens (tertiary/aromatic N) is 4. The second-order valence-corrected chi connectivity index (χ2v) is 25.4. The molecule has 4 heteroatoms. The first-order chi connectivity index (χ1) is 42.2. The molecule has 0 saturated carbocycles. The van der Waals surface area contributed by atoms with E-state index < -0.39 is 0 Å². The SMILES string of the molecule is CCc1ccc(-n2c3ccccc3c3ccc(N(c4cccc5c4CCCC5)c4cc(C(C)C)c5ccc6c(N(c7ccc8c9ccccc9n(-c9ccc(CC)cc9)c8c7)c7cccc8c7CCCC8)cc(C(C)C)c7ccc4c5c76)cc32)cc1. The summed E-state index contributed by atoms with van der Waals surface area (Å²) < 4.78 is 5.00. The maximum Gasteiger partial charge on any atom is 0.0561 e. The number of para-hydroxylation sites is 2. The Hall–Kier alpha value is -9.12. The van der Waals surface area contributed by atoms with Gasteiger partial charge < -0.3 is 18.9 Å². The van der Waals surface area contributed by atoms with Crippen LogP contribution in [0.1, 0.15) is 124 Å². The molecule has 422 valence electrons. The van der Waals surface area contributed by atoms with Gasteiger partial charge >= 0.3 is 0 Å². The maximum absolute atomic E-state index is 2.68. The van der Waals surface area contributed by atoms with Gasteiger partial charge in [-0.2, -0.15) is 0 Å². The van der Waals surface area contributed by atoms with Crippen LogP contribution in [0.25, 0.3) is 87.3 Å². The Balaban J connectivity index is 0.991. The molecule has 0 radical (unpaired) electrons. The lowest BCUT2D eigenvalue weighted by Gasteiger charge is -2.34.